The first-order valence-corrected chi connectivity index (χ1v) is 11.4. The van der Waals surface area contributed by atoms with E-state index in [-0.39, 0.29) is 17.9 Å². The Morgan fingerprint density at radius 3 is 2.47 bits per heavy atom. The fourth-order valence-corrected chi connectivity index (χ4v) is 4.05. The number of aliphatic carboxylic acids is 1. The number of nitrogens with zero attached hydrogens (tertiary/aromatic N) is 2. The number of hydrogen-bond acceptors (Lipinski definition) is 5. The van der Waals surface area contributed by atoms with Gasteiger partial charge < -0.3 is 15.0 Å². The molecule has 1 atom stereocenters. The summed E-state index contributed by atoms with van der Waals surface area (Å²) in [6.45, 7) is 0.451. The second kappa shape index (κ2) is 11.7. The van der Waals surface area contributed by atoms with Crippen molar-refractivity contribution in [2.75, 3.05) is 6.54 Å². The molecule has 0 spiro atoms. The van der Waals surface area contributed by atoms with E-state index in [0.717, 1.165) is 12.8 Å². The molecule has 0 saturated heterocycles. The molecule has 1 heterocycles. The summed E-state index contributed by atoms with van der Waals surface area (Å²) in [5, 5.41) is 11.8. The number of rotatable bonds is 13. The van der Waals surface area contributed by atoms with Gasteiger partial charge in [-0.1, -0.05) is 24.4 Å². The van der Waals surface area contributed by atoms with Crippen molar-refractivity contribution in [1.29, 1.82) is 0 Å². The van der Waals surface area contributed by atoms with E-state index in [9.17, 15) is 18.0 Å². The van der Waals surface area contributed by atoms with E-state index >= 15 is 0 Å². The fourth-order valence-electron chi connectivity index (χ4n) is 2.74. The van der Waals surface area contributed by atoms with Crippen LogP contribution in [0.2, 0.25) is 5.02 Å². The normalized spacial score (nSPS) is 12.4. The number of aromatic nitrogens is 2. The average Bonchev–Trinajstić information content (AvgIpc) is 3.19. The summed E-state index contributed by atoms with van der Waals surface area (Å²) < 4.78 is 29.4. The van der Waals surface area contributed by atoms with Crippen LogP contribution in [0.4, 0.5) is 0 Å². The van der Waals surface area contributed by atoms with E-state index in [1.54, 1.807) is 17.0 Å². The number of carboxylic acid groups (broad SMARTS) is 1. The van der Waals surface area contributed by atoms with Crippen LogP contribution in [0, 0.1) is 0 Å². The highest BCUT2D eigenvalue weighted by Crippen LogP contribution is 2.14. The molecule has 0 unspecified atom stereocenters. The number of carboxylic acids is 1. The van der Waals surface area contributed by atoms with Crippen LogP contribution in [-0.4, -0.2) is 47.5 Å². The smallest absolute Gasteiger partial charge is 0.303 e. The Kier molecular flexibility index (Phi) is 9.28. The van der Waals surface area contributed by atoms with Crippen LogP contribution < -0.4 is 10.0 Å². The standard InChI is InChI=1S/C19H25ClN4O5S/c20-15-6-8-16(9-7-15)30(28,29)23-17(13-24-12-11-21-14-24)19(27)22-10-4-2-1-3-5-18(25)26/h6-9,11-12,14,17,23H,1-5,10,13H2,(H,22,27)(H,25,26)/t17-/m0/s1. The monoisotopic (exact) mass is 456 g/mol. The zero-order valence-corrected chi connectivity index (χ0v) is 17.9. The van der Waals surface area contributed by atoms with Crippen molar-refractivity contribution in [1.82, 2.24) is 19.6 Å². The quantitative estimate of drug-likeness (QED) is 0.395. The van der Waals surface area contributed by atoms with Gasteiger partial charge in [-0.05, 0) is 37.1 Å². The summed E-state index contributed by atoms with van der Waals surface area (Å²) in [6, 6.07) is 4.63. The van der Waals surface area contributed by atoms with Crippen molar-refractivity contribution < 1.29 is 23.1 Å². The van der Waals surface area contributed by atoms with Crippen LogP contribution in [0.1, 0.15) is 32.1 Å². The van der Waals surface area contributed by atoms with E-state index in [4.69, 9.17) is 16.7 Å². The van der Waals surface area contributed by atoms with Gasteiger partial charge in [-0.15, -0.1) is 0 Å². The molecule has 9 nitrogen and oxygen atoms in total. The lowest BCUT2D eigenvalue weighted by molar-refractivity contribution is -0.137. The van der Waals surface area contributed by atoms with Gasteiger partial charge in [0.1, 0.15) is 6.04 Å². The van der Waals surface area contributed by atoms with Crippen molar-refractivity contribution in [3.63, 3.8) is 0 Å². The maximum absolute atomic E-state index is 12.7. The summed E-state index contributed by atoms with van der Waals surface area (Å²) in [5.74, 6) is -1.27. The van der Waals surface area contributed by atoms with Crippen molar-refractivity contribution >= 4 is 33.5 Å². The Hall–Kier alpha value is -2.43. The van der Waals surface area contributed by atoms with Gasteiger partial charge in [0.25, 0.3) is 0 Å². The molecule has 3 N–H and O–H groups in total. The van der Waals surface area contributed by atoms with E-state index in [1.165, 1.54) is 30.6 Å². The predicted molar refractivity (Wildman–Crippen MR) is 112 cm³/mol. The first kappa shape index (κ1) is 23.8. The minimum Gasteiger partial charge on any atom is -0.481 e. The number of nitrogens with one attached hydrogen (secondary N) is 2. The molecule has 2 rings (SSSR count). The summed E-state index contributed by atoms with van der Waals surface area (Å²) in [7, 11) is -3.93. The van der Waals surface area contributed by atoms with Crippen LogP contribution in [0.15, 0.2) is 47.9 Å². The first-order chi connectivity index (χ1) is 14.3. The molecule has 1 aromatic carbocycles. The molecular weight excluding hydrogens is 432 g/mol. The van der Waals surface area contributed by atoms with Gasteiger partial charge in [0, 0.05) is 36.9 Å². The van der Waals surface area contributed by atoms with Gasteiger partial charge in [0.05, 0.1) is 11.2 Å². The van der Waals surface area contributed by atoms with Gasteiger partial charge in [-0.3, -0.25) is 9.59 Å². The molecule has 1 amide bonds. The number of halogens is 1. The number of sulfonamides is 1. The third-order valence-electron chi connectivity index (χ3n) is 4.31. The molecule has 30 heavy (non-hydrogen) atoms. The Labute approximate surface area is 180 Å². The van der Waals surface area contributed by atoms with Crippen LogP contribution in [-0.2, 0) is 26.2 Å². The molecule has 0 radical (unpaired) electrons. The number of unbranched alkanes of at least 4 members (excludes halogenated alkanes) is 3. The Balaban J connectivity index is 1.94. The second-order valence-corrected chi connectivity index (χ2v) is 8.89. The lowest BCUT2D eigenvalue weighted by atomic mass is 10.1. The lowest BCUT2D eigenvalue weighted by Crippen LogP contribution is -2.49. The van der Waals surface area contributed by atoms with E-state index in [0.29, 0.717) is 24.4 Å². The van der Waals surface area contributed by atoms with Crippen molar-refractivity contribution in [3.05, 3.63) is 48.0 Å². The van der Waals surface area contributed by atoms with E-state index < -0.39 is 27.9 Å². The highest BCUT2D eigenvalue weighted by Gasteiger charge is 2.26. The number of amides is 1. The SMILES string of the molecule is O=C(O)CCCCCCNC(=O)[C@H](Cn1ccnc1)NS(=O)(=O)c1ccc(Cl)cc1. The minimum atomic E-state index is -3.93. The largest absolute Gasteiger partial charge is 0.481 e. The Morgan fingerprint density at radius 2 is 1.83 bits per heavy atom. The summed E-state index contributed by atoms with van der Waals surface area (Å²) in [6.07, 6.45) is 7.60. The lowest BCUT2D eigenvalue weighted by Gasteiger charge is -2.19. The molecule has 0 aliphatic carbocycles. The van der Waals surface area contributed by atoms with Crippen LogP contribution in [0.25, 0.3) is 0 Å². The molecule has 1 aromatic heterocycles. The molecule has 11 heteroatoms. The number of benzene rings is 1. The van der Waals surface area contributed by atoms with Crippen LogP contribution in [0.5, 0.6) is 0 Å². The number of imidazole rings is 1. The molecule has 0 aliphatic heterocycles. The zero-order chi connectivity index (χ0) is 22.0. The summed E-state index contributed by atoms with van der Waals surface area (Å²) in [4.78, 5) is 27.1. The topological polar surface area (TPSA) is 130 Å². The maximum atomic E-state index is 12.7. The highest BCUT2D eigenvalue weighted by molar-refractivity contribution is 7.89. The first-order valence-electron chi connectivity index (χ1n) is 9.51. The summed E-state index contributed by atoms with van der Waals surface area (Å²) in [5.41, 5.74) is 0. The third-order valence-corrected chi connectivity index (χ3v) is 6.05. The average molecular weight is 457 g/mol. The maximum Gasteiger partial charge on any atom is 0.303 e. The molecule has 0 saturated carbocycles. The van der Waals surface area contributed by atoms with Gasteiger partial charge in [-0.2, -0.15) is 4.72 Å². The zero-order valence-electron chi connectivity index (χ0n) is 16.3. The highest BCUT2D eigenvalue weighted by atomic mass is 35.5. The molecule has 0 bridgehead atoms. The number of carbonyl (C=O) groups is 2. The number of hydrogen-bond donors (Lipinski definition) is 3. The molecule has 0 fully saturated rings. The van der Waals surface area contributed by atoms with Gasteiger partial charge in [-0.25, -0.2) is 13.4 Å². The van der Waals surface area contributed by atoms with Crippen LogP contribution in [0.3, 0.4) is 0 Å². The minimum absolute atomic E-state index is 0.00811. The molecule has 164 valence electrons. The third kappa shape index (κ3) is 8.13. The van der Waals surface area contributed by atoms with Gasteiger partial charge >= 0.3 is 5.97 Å². The number of carbonyl (C=O) groups excluding carboxylic acids is 1. The second-order valence-electron chi connectivity index (χ2n) is 6.74. The molecule has 0 aliphatic rings. The van der Waals surface area contributed by atoms with Crippen LogP contribution >= 0.6 is 11.6 Å². The van der Waals surface area contributed by atoms with Gasteiger partial charge in [0.15, 0.2) is 0 Å². The summed E-state index contributed by atoms with van der Waals surface area (Å²) >= 11 is 5.81. The van der Waals surface area contributed by atoms with Gasteiger partial charge in [0.2, 0.25) is 15.9 Å². The Morgan fingerprint density at radius 1 is 1.13 bits per heavy atom. The van der Waals surface area contributed by atoms with Crippen molar-refractivity contribution in [2.45, 2.75) is 49.6 Å². The molecular formula is C19H25ClN4O5S. The van der Waals surface area contributed by atoms with E-state index in [2.05, 4.69) is 15.0 Å². The van der Waals surface area contributed by atoms with Crippen molar-refractivity contribution in [3.8, 4) is 0 Å². The Bertz CT molecular complexity index is 917. The van der Waals surface area contributed by atoms with Crippen molar-refractivity contribution in [2.24, 2.45) is 0 Å². The predicted octanol–water partition coefficient (Wildman–Crippen LogP) is 2.03. The molecule has 2 aromatic rings. The van der Waals surface area contributed by atoms with E-state index in [1.807, 2.05) is 0 Å². The fraction of sp³-hybridized carbons (Fsp3) is 0.421.